The number of ketones is 1. The van der Waals surface area contributed by atoms with E-state index in [2.05, 4.69) is 0 Å². The van der Waals surface area contributed by atoms with Gasteiger partial charge in [-0.15, -0.1) is 0 Å². The molecule has 0 aromatic carbocycles. The van der Waals surface area contributed by atoms with Crippen LogP contribution in [0.4, 0.5) is 0 Å². The molecule has 0 aliphatic heterocycles. The van der Waals surface area contributed by atoms with Crippen molar-refractivity contribution in [3.63, 3.8) is 0 Å². The maximum atomic E-state index is 11.4. The van der Waals surface area contributed by atoms with Crippen LogP contribution in [0.1, 0.15) is 40.0 Å². The van der Waals surface area contributed by atoms with Crippen molar-refractivity contribution in [1.82, 2.24) is 0 Å². The second-order valence-electron chi connectivity index (χ2n) is 4.14. The van der Waals surface area contributed by atoms with E-state index < -0.39 is 9.84 Å². The van der Waals surface area contributed by atoms with Gasteiger partial charge < -0.3 is 4.79 Å². The highest BCUT2D eigenvalue weighted by atomic mass is 32.2. The second kappa shape index (κ2) is 6.17. The molecule has 14 heavy (non-hydrogen) atoms. The van der Waals surface area contributed by atoms with E-state index in [4.69, 9.17) is 0 Å². The Labute approximate surface area is 86.8 Å². The van der Waals surface area contributed by atoms with Gasteiger partial charge >= 0.3 is 0 Å². The van der Waals surface area contributed by atoms with Crippen molar-refractivity contribution in [3.05, 3.63) is 0 Å². The maximum absolute atomic E-state index is 11.4. The zero-order chi connectivity index (χ0) is 11.2. The first kappa shape index (κ1) is 13.6. The highest BCUT2D eigenvalue weighted by Crippen LogP contribution is 2.05. The fraction of sp³-hybridized carbons (Fsp3) is 0.900. The van der Waals surface area contributed by atoms with E-state index in [1.165, 1.54) is 6.92 Å². The van der Waals surface area contributed by atoms with Crippen molar-refractivity contribution in [1.29, 1.82) is 0 Å². The zero-order valence-corrected chi connectivity index (χ0v) is 10.1. The standard InChI is InChI=1S/C10H20O3S/c1-9(2)6-8-14(12,13)7-4-5-10(3)11/h9H,4-8H2,1-3H3. The van der Waals surface area contributed by atoms with Crippen molar-refractivity contribution in [3.8, 4) is 0 Å². The van der Waals surface area contributed by atoms with E-state index >= 15 is 0 Å². The van der Waals surface area contributed by atoms with Crippen LogP contribution in [0.5, 0.6) is 0 Å². The van der Waals surface area contributed by atoms with Crippen LogP contribution in [0, 0.1) is 5.92 Å². The molecule has 0 N–H and O–H groups in total. The molecule has 0 aromatic rings. The van der Waals surface area contributed by atoms with E-state index in [1.54, 1.807) is 0 Å². The molecule has 0 unspecified atom stereocenters. The summed E-state index contributed by atoms with van der Waals surface area (Å²) < 4.78 is 22.8. The van der Waals surface area contributed by atoms with Crippen molar-refractivity contribution >= 4 is 15.6 Å². The second-order valence-corrected chi connectivity index (χ2v) is 6.44. The lowest BCUT2D eigenvalue weighted by molar-refractivity contribution is -0.117. The normalized spacial score (nSPS) is 12.0. The van der Waals surface area contributed by atoms with Crippen molar-refractivity contribution in [2.45, 2.75) is 40.0 Å². The van der Waals surface area contributed by atoms with Gasteiger partial charge in [-0.1, -0.05) is 13.8 Å². The Bertz CT molecular complexity index is 265. The Morgan fingerprint density at radius 2 is 1.79 bits per heavy atom. The average Bonchev–Trinajstić information content (AvgIpc) is 2.00. The topological polar surface area (TPSA) is 51.2 Å². The molecule has 0 aromatic heterocycles. The molecule has 84 valence electrons. The predicted molar refractivity (Wildman–Crippen MR) is 58.0 cm³/mol. The molecule has 0 atom stereocenters. The van der Waals surface area contributed by atoms with Crippen LogP contribution in [0.15, 0.2) is 0 Å². The predicted octanol–water partition coefficient (Wildman–Crippen LogP) is 1.82. The summed E-state index contributed by atoms with van der Waals surface area (Å²) >= 11 is 0. The third-order valence-corrected chi connectivity index (χ3v) is 3.76. The van der Waals surface area contributed by atoms with Crippen LogP contribution < -0.4 is 0 Å². The largest absolute Gasteiger partial charge is 0.300 e. The molecular weight excluding hydrogens is 200 g/mol. The fourth-order valence-corrected chi connectivity index (χ4v) is 2.68. The van der Waals surface area contributed by atoms with Gasteiger partial charge in [-0.3, -0.25) is 0 Å². The van der Waals surface area contributed by atoms with Crippen LogP contribution in [-0.4, -0.2) is 25.7 Å². The molecule has 0 fully saturated rings. The smallest absolute Gasteiger partial charge is 0.150 e. The maximum Gasteiger partial charge on any atom is 0.150 e. The van der Waals surface area contributed by atoms with E-state index in [1.807, 2.05) is 13.8 Å². The lowest BCUT2D eigenvalue weighted by atomic mass is 10.2. The molecule has 0 saturated carbocycles. The van der Waals surface area contributed by atoms with Gasteiger partial charge in [0.15, 0.2) is 0 Å². The molecule has 0 spiro atoms. The van der Waals surface area contributed by atoms with E-state index in [0.717, 1.165) is 0 Å². The van der Waals surface area contributed by atoms with Crippen molar-refractivity contribution in [2.75, 3.05) is 11.5 Å². The number of Topliss-reactive ketones (excluding diaryl/α,β-unsaturated/α-hetero) is 1. The summed E-state index contributed by atoms with van der Waals surface area (Å²) in [6.07, 6.45) is 1.55. The molecule has 0 radical (unpaired) electrons. The zero-order valence-electron chi connectivity index (χ0n) is 9.25. The number of rotatable bonds is 7. The first-order valence-electron chi connectivity index (χ1n) is 5.03. The SMILES string of the molecule is CC(=O)CCCS(=O)(=O)CCC(C)C. The molecular formula is C10H20O3S. The quantitative estimate of drug-likeness (QED) is 0.657. The Hall–Kier alpha value is -0.380. The summed E-state index contributed by atoms with van der Waals surface area (Å²) in [5, 5.41) is 0. The van der Waals surface area contributed by atoms with E-state index in [0.29, 0.717) is 25.2 Å². The summed E-state index contributed by atoms with van der Waals surface area (Å²) in [6, 6.07) is 0. The van der Waals surface area contributed by atoms with Gasteiger partial charge in [0, 0.05) is 6.42 Å². The Balaban J connectivity index is 3.79. The highest BCUT2D eigenvalue weighted by molar-refractivity contribution is 7.91. The summed E-state index contributed by atoms with van der Waals surface area (Å²) in [4.78, 5) is 10.6. The minimum absolute atomic E-state index is 0.0593. The minimum Gasteiger partial charge on any atom is -0.300 e. The lowest BCUT2D eigenvalue weighted by Gasteiger charge is -2.05. The summed E-state index contributed by atoms with van der Waals surface area (Å²) in [5.41, 5.74) is 0. The lowest BCUT2D eigenvalue weighted by Crippen LogP contribution is -2.13. The molecule has 4 heteroatoms. The van der Waals surface area contributed by atoms with Crippen LogP contribution in [0.25, 0.3) is 0 Å². The van der Waals surface area contributed by atoms with Gasteiger partial charge in [0.2, 0.25) is 0 Å². The summed E-state index contributed by atoms with van der Waals surface area (Å²) in [6.45, 7) is 5.50. The number of carbonyl (C=O) groups is 1. The number of hydrogen-bond acceptors (Lipinski definition) is 3. The fourth-order valence-electron chi connectivity index (χ4n) is 1.06. The van der Waals surface area contributed by atoms with E-state index in [9.17, 15) is 13.2 Å². The van der Waals surface area contributed by atoms with Gasteiger partial charge in [0.05, 0.1) is 11.5 Å². The molecule has 0 rings (SSSR count). The highest BCUT2D eigenvalue weighted by Gasteiger charge is 2.11. The van der Waals surface area contributed by atoms with Crippen molar-refractivity contribution in [2.24, 2.45) is 5.92 Å². The number of carbonyl (C=O) groups excluding carboxylic acids is 1. The molecule has 0 amide bonds. The first-order valence-corrected chi connectivity index (χ1v) is 6.85. The molecule has 0 bridgehead atoms. The number of sulfone groups is 1. The monoisotopic (exact) mass is 220 g/mol. The number of hydrogen-bond donors (Lipinski definition) is 0. The summed E-state index contributed by atoms with van der Waals surface area (Å²) in [5.74, 6) is 0.878. The van der Waals surface area contributed by atoms with Gasteiger partial charge in [-0.2, -0.15) is 0 Å². The molecule has 0 aliphatic rings. The Morgan fingerprint density at radius 3 is 2.21 bits per heavy atom. The van der Waals surface area contributed by atoms with Gasteiger partial charge in [0.1, 0.15) is 15.6 Å². The third kappa shape index (κ3) is 8.23. The van der Waals surface area contributed by atoms with Gasteiger partial charge in [-0.05, 0) is 25.7 Å². The molecule has 0 aliphatic carbocycles. The minimum atomic E-state index is -2.92. The molecule has 0 heterocycles. The van der Waals surface area contributed by atoms with Crippen LogP contribution in [0.3, 0.4) is 0 Å². The van der Waals surface area contributed by atoms with Crippen LogP contribution in [-0.2, 0) is 14.6 Å². The average molecular weight is 220 g/mol. The Kier molecular flexibility index (Phi) is 6.00. The third-order valence-electron chi connectivity index (χ3n) is 1.99. The molecule has 3 nitrogen and oxygen atoms in total. The molecule has 0 saturated heterocycles. The van der Waals surface area contributed by atoms with Crippen LogP contribution >= 0.6 is 0 Å². The Morgan fingerprint density at radius 1 is 1.21 bits per heavy atom. The summed E-state index contributed by atoms with van der Waals surface area (Å²) in [7, 11) is -2.92. The van der Waals surface area contributed by atoms with Crippen molar-refractivity contribution < 1.29 is 13.2 Å². The van der Waals surface area contributed by atoms with Gasteiger partial charge in [-0.25, -0.2) is 8.42 Å². The van der Waals surface area contributed by atoms with Crippen LogP contribution in [0.2, 0.25) is 0 Å². The van der Waals surface area contributed by atoms with E-state index in [-0.39, 0.29) is 17.3 Å². The first-order chi connectivity index (χ1) is 6.33. The van der Waals surface area contributed by atoms with Gasteiger partial charge in [0.25, 0.3) is 0 Å².